The molecule has 0 spiro atoms. The van der Waals surface area contributed by atoms with Crippen LogP contribution in [0.2, 0.25) is 0 Å². The number of rotatable bonds is 5. The van der Waals surface area contributed by atoms with Crippen LogP contribution in [-0.2, 0) is 27.2 Å². The molecule has 0 aliphatic heterocycles. The van der Waals surface area contributed by atoms with Gasteiger partial charge in [0.25, 0.3) is 0 Å². The lowest BCUT2D eigenvalue weighted by atomic mass is 10.0. The SMILES string of the molecule is COC(=O)Cc1cccc(NC(=O)Cc2ccc3ccccc3c2)c1. The molecule has 0 radical (unpaired) electrons. The molecule has 0 unspecified atom stereocenters. The third kappa shape index (κ3) is 4.44. The van der Waals surface area contributed by atoms with Gasteiger partial charge in [-0.1, -0.05) is 54.6 Å². The van der Waals surface area contributed by atoms with E-state index in [9.17, 15) is 9.59 Å². The lowest BCUT2D eigenvalue weighted by Crippen LogP contribution is -2.14. The van der Waals surface area contributed by atoms with Gasteiger partial charge >= 0.3 is 5.97 Å². The maximum absolute atomic E-state index is 12.3. The van der Waals surface area contributed by atoms with Gasteiger partial charge in [0.05, 0.1) is 20.0 Å². The molecule has 0 saturated carbocycles. The zero-order chi connectivity index (χ0) is 17.6. The number of ether oxygens (including phenoxy) is 1. The zero-order valence-electron chi connectivity index (χ0n) is 14.0. The maximum atomic E-state index is 12.3. The standard InChI is InChI=1S/C21H19NO3/c1-25-21(24)14-15-5-4-8-19(12-15)22-20(23)13-16-9-10-17-6-2-3-7-18(17)11-16/h2-12H,13-14H2,1H3,(H,22,23). The van der Waals surface area contributed by atoms with Crippen LogP contribution in [0.4, 0.5) is 5.69 Å². The van der Waals surface area contributed by atoms with E-state index in [1.165, 1.54) is 7.11 Å². The van der Waals surface area contributed by atoms with Gasteiger partial charge in [-0.05, 0) is 34.0 Å². The fourth-order valence-corrected chi connectivity index (χ4v) is 2.74. The molecule has 4 nitrogen and oxygen atoms in total. The van der Waals surface area contributed by atoms with E-state index in [0.29, 0.717) is 12.1 Å². The molecular formula is C21H19NO3. The predicted molar refractivity (Wildman–Crippen MR) is 98.4 cm³/mol. The second-order valence-electron chi connectivity index (χ2n) is 5.86. The van der Waals surface area contributed by atoms with E-state index in [2.05, 4.69) is 10.1 Å². The maximum Gasteiger partial charge on any atom is 0.309 e. The molecule has 4 heteroatoms. The normalized spacial score (nSPS) is 10.4. The first-order valence-electron chi connectivity index (χ1n) is 8.07. The summed E-state index contributed by atoms with van der Waals surface area (Å²) in [6, 6.07) is 21.3. The highest BCUT2D eigenvalue weighted by Gasteiger charge is 2.07. The van der Waals surface area contributed by atoms with Gasteiger partial charge in [-0.15, -0.1) is 0 Å². The number of esters is 1. The molecule has 0 aromatic heterocycles. The van der Waals surface area contributed by atoms with Gasteiger partial charge in [-0.2, -0.15) is 0 Å². The molecule has 0 bridgehead atoms. The molecule has 0 atom stereocenters. The summed E-state index contributed by atoms with van der Waals surface area (Å²) < 4.78 is 4.66. The molecule has 0 aliphatic rings. The van der Waals surface area contributed by atoms with Gasteiger partial charge in [0.1, 0.15) is 0 Å². The third-order valence-electron chi connectivity index (χ3n) is 3.97. The summed E-state index contributed by atoms with van der Waals surface area (Å²) in [4.78, 5) is 23.7. The Morgan fingerprint density at radius 2 is 1.60 bits per heavy atom. The monoisotopic (exact) mass is 333 g/mol. The van der Waals surface area contributed by atoms with E-state index >= 15 is 0 Å². The number of hydrogen-bond acceptors (Lipinski definition) is 3. The number of fused-ring (bicyclic) bond motifs is 1. The fraction of sp³-hybridized carbons (Fsp3) is 0.143. The molecule has 1 N–H and O–H groups in total. The average molecular weight is 333 g/mol. The van der Waals surface area contributed by atoms with Crippen molar-refractivity contribution < 1.29 is 14.3 Å². The van der Waals surface area contributed by atoms with Crippen molar-refractivity contribution in [1.82, 2.24) is 0 Å². The minimum Gasteiger partial charge on any atom is -0.469 e. The zero-order valence-corrected chi connectivity index (χ0v) is 14.0. The highest BCUT2D eigenvalue weighted by Crippen LogP contribution is 2.17. The Morgan fingerprint density at radius 3 is 2.40 bits per heavy atom. The first kappa shape index (κ1) is 16.7. The number of benzene rings is 3. The van der Waals surface area contributed by atoms with Crippen molar-refractivity contribution >= 4 is 28.3 Å². The van der Waals surface area contributed by atoms with Crippen molar-refractivity contribution in [1.29, 1.82) is 0 Å². The van der Waals surface area contributed by atoms with Crippen LogP contribution in [0.5, 0.6) is 0 Å². The highest BCUT2D eigenvalue weighted by molar-refractivity contribution is 5.93. The summed E-state index contributed by atoms with van der Waals surface area (Å²) in [6.07, 6.45) is 0.483. The van der Waals surface area contributed by atoms with Crippen LogP contribution in [0.15, 0.2) is 66.7 Å². The Balaban J connectivity index is 1.67. The predicted octanol–water partition coefficient (Wildman–Crippen LogP) is 3.74. The quantitative estimate of drug-likeness (QED) is 0.724. The molecular weight excluding hydrogens is 314 g/mol. The largest absolute Gasteiger partial charge is 0.469 e. The average Bonchev–Trinajstić information content (AvgIpc) is 2.61. The Labute approximate surface area is 146 Å². The minimum absolute atomic E-state index is 0.0921. The summed E-state index contributed by atoms with van der Waals surface area (Å²) in [6.45, 7) is 0. The molecule has 0 aliphatic carbocycles. The van der Waals surface area contributed by atoms with Gasteiger partial charge in [-0.25, -0.2) is 0 Å². The Hall–Kier alpha value is -3.14. The van der Waals surface area contributed by atoms with Gasteiger partial charge in [0.15, 0.2) is 0 Å². The van der Waals surface area contributed by atoms with Crippen LogP contribution in [0.1, 0.15) is 11.1 Å². The smallest absolute Gasteiger partial charge is 0.309 e. The van der Waals surface area contributed by atoms with Crippen molar-refractivity contribution in [3.05, 3.63) is 77.9 Å². The molecule has 1 amide bonds. The van der Waals surface area contributed by atoms with Crippen molar-refractivity contribution in [3.63, 3.8) is 0 Å². The lowest BCUT2D eigenvalue weighted by Gasteiger charge is -2.08. The Morgan fingerprint density at radius 1 is 0.840 bits per heavy atom. The summed E-state index contributed by atoms with van der Waals surface area (Å²) in [5.41, 5.74) is 2.43. The van der Waals surface area contributed by atoms with Gasteiger partial charge < -0.3 is 10.1 Å². The van der Waals surface area contributed by atoms with Crippen molar-refractivity contribution in [3.8, 4) is 0 Å². The molecule has 0 fully saturated rings. The molecule has 3 aromatic carbocycles. The fourth-order valence-electron chi connectivity index (χ4n) is 2.74. The topological polar surface area (TPSA) is 55.4 Å². The molecule has 0 heterocycles. The number of hydrogen-bond donors (Lipinski definition) is 1. The molecule has 3 rings (SSSR count). The summed E-state index contributed by atoms with van der Waals surface area (Å²) in [7, 11) is 1.36. The molecule has 25 heavy (non-hydrogen) atoms. The summed E-state index contributed by atoms with van der Waals surface area (Å²) in [5.74, 6) is -0.398. The minimum atomic E-state index is -0.306. The number of nitrogens with one attached hydrogen (secondary N) is 1. The van der Waals surface area contributed by atoms with E-state index in [4.69, 9.17) is 0 Å². The highest BCUT2D eigenvalue weighted by atomic mass is 16.5. The van der Waals surface area contributed by atoms with E-state index in [1.54, 1.807) is 12.1 Å². The van der Waals surface area contributed by atoms with Crippen LogP contribution in [0, 0.1) is 0 Å². The van der Waals surface area contributed by atoms with E-state index in [1.807, 2.05) is 54.6 Å². The number of carbonyl (C=O) groups is 2. The molecule has 3 aromatic rings. The number of anilines is 1. The lowest BCUT2D eigenvalue weighted by molar-refractivity contribution is -0.139. The van der Waals surface area contributed by atoms with Crippen molar-refractivity contribution in [2.75, 3.05) is 12.4 Å². The van der Waals surface area contributed by atoms with Gasteiger partial charge in [-0.3, -0.25) is 9.59 Å². The summed E-state index contributed by atoms with van der Waals surface area (Å²) >= 11 is 0. The van der Waals surface area contributed by atoms with Crippen molar-refractivity contribution in [2.24, 2.45) is 0 Å². The molecule has 126 valence electrons. The number of amides is 1. The van der Waals surface area contributed by atoms with Crippen LogP contribution >= 0.6 is 0 Å². The second-order valence-corrected chi connectivity index (χ2v) is 5.86. The number of methoxy groups -OCH3 is 1. The first-order chi connectivity index (χ1) is 12.1. The van der Waals surface area contributed by atoms with Crippen LogP contribution < -0.4 is 5.32 Å². The van der Waals surface area contributed by atoms with E-state index in [0.717, 1.165) is 21.9 Å². The second kappa shape index (κ2) is 7.62. The third-order valence-corrected chi connectivity index (χ3v) is 3.97. The van der Waals surface area contributed by atoms with E-state index in [-0.39, 0.29) is 18.3 Å². The molecule has 0 saturated heterocycles. The Kier molecular flexibility index (Phi) is 5.09. The van der Waals surface area contributed by atoms with Gasteiger partial charge in [0, 0.05) is 5.69 Å². The summed E-state index contributed by atoms with van der Waals surface area (Å²) in [5, 5.41) is 5.15. The van der Waals surface area contributed by atoms with Crippen molar-refractivity contribution in [2.45, 2.75) is 12.8 Å². The van der Waals surface area contributed by atoms with Crippen LogP contribution in [-0.4, -0.2) is 19.0 Å². The van der Waals surface area contributed by atoms with Gasteiger partial charge in [0.2, 0.25) is 5.91 Å². The Bertz CT molecular complexity index is 918. The van der Waals surface area contributed by atoms with Crippen LogP contribution in [0.25, 0.3) is 10.8 Å². The van der Waals surface area contributed by atoms with E-state index < -0.39 is 0 Å². The first-order valence-corrected chi connectivity index (χ1v) is 8.07. The van der Waals surface area contributed by atoms with Crippen LogP contribution in [0.3, 0.4) is 0 Å². The number of carbonyl (C=O) groups excluding carboxylic acids is 2.